The molecule has 7 aromatic carbocycles. The summed E-state index contributed by atoms with van der Waals surface area (Å²) >= 11 is 0. The molecule has 0 aliphatic rings. The molecule has 0 spiro atoms. The predicted octanol–water partition coefficient (Wildman–Crippen LogP) is 11.2. The van der Waals surface area contributed by atoms with E-state index in [1.54, 1.807) is 0 Å². The van der Waals surface area contributed by atoms with Crippen molar-refractivity contribution in [1.82, 2.24) is 9.97 Å². The van der Waals surface area contributed by atoms with Crippen LogP contribution in [-0.2, 0) is 0 Å². The molecule has 0 saturated heterocycles. The van der Waals surface area contributed by atoms with Gasteiger partial charge in [0.05, 0.1) is 0 Å². The van der Waals surface area contributed by atoms with Gasteiger partial charge in [-0.1, -0.05) is 121 Å². The molecule has 0 amide bonds. The lowest BCUT2D eigenvalue weighted by Gasteiger charge is -2.18. The molecule has 0 unspecified atom stereocenters. The van der Waals surface area contributed by atoms with Crippen molar-refractivity contribution < 1.29 is 0 Å². The van der Waals surface area contributed by atoms with Crippen molar-refractivity contribution in [2.75, 3.05) is 0 Å². The smallest absolute Gasteiger partial charge is 0.0347 e. The average Bonchev–Trinajstić information content (AvgIpc) is 3.11. The Morgan fingerprint density at radius 3 is 1.11 bits per heavy atom. The van der Waals surface area contributed by atoms with E-state index in [0.717, 1.165) is 22.3 Å². The van der Waals surface area contributed by atoms with Crippen molar-refractivity contribution in [3.8, 4) is 44.5 Å². The Balaban J connectivity index is 1.27. The molecule has 0 radical (unpaired) electrons. The first kappa shape index (κ1) is 24.7. The Bertz CT molecular complexity index is 2280. The van der Waals surface area contributed by atoms with Crippen LogP contribution in [0.25, 0.3) is 87.6 Å². The SMILES string of the molecule is c1ccc(-c2cncc(-c3ccc4c5cccc6c(-c7cncc(-c8ccccc8)c7)ccc(c7cccc3c74)c65)c2)cc1. The summed E-state index contributed by atoms with van der Waals surface area (Å²) in [4.78, 5) is 9.30. The molecule has 0 saturated carbocycles. The highest BCUT2D eigenvalue weighted by atomic mass is 14.6. The molecule has 2 heterocycles. The van der Waals surface area contributed by atoms with Crippen LogP contribution in [0.15, 0.2) is 158 Å². The van der Waals surface area contributed by atoms with E-state index >= 15 is 0 Å². The summed E-state index contributed by atoms with van der Waals surface area (Å²) in [5.41, 5.74) is 9.24. The normalized spacial score (nSPS) is 11.6. The van der Waals surface area contributed by atoms with Gasteiger partial charge < -0.3 is 0 Å². The molecular weight excluding hydrogens is 532 g/mol. The summed E-state index contributed by atoms with van der Waals surface area (Å²) in [6, 6.07) is 48.1. The van der Waals surface area contributed by atoms with Crippen LogP contribution >= 0.6 is 0 Å². The molecule has 9 aromatic rings. The maximum Gasteiger partial charge on any atom is 0.0347 e. The minimum absolute atomic E-state index is 1.12. The van der Waals surface area contributed by atoms with Gasteiger partial charge in [0.1, 0.15) is 0 Å². The topological polar surface area (TPSA) is 25.8 Å². The van der Waals surface area contributed by atoms with E-state index < -0.39 is 0 Å². The van der Waals surface area contributed by atoms with Crippen molar-refractivity contribution in [1.29, 1.82) is 0 Å². The summed E-state index contributed by atoms with van der Waals surface area (Å²) in [6.45, 7) is 0. The third kappa shape index (κ3) is 3.82. The largest absolute Gasteiger partial charge is 0.263 e. The molecule has 2 aromatic heterocycles. The van der Waals surface area contributed by atoms with Crippen LogP contribution in [0.4, 0.5) is 0 Å². The Hall–Kier alpha value is -5.86. The molecule has 0 fully saturated rings. The molecule has 0 aliphatic heterocycles. The van der Waals surface area contributed by atoms with Crippen LogP contribution < -0.4 is 0 Å². The van der Waals surface area contributed by atoms with Gasteiger partial charge in [-0.15, -0.1) is 0 Å². The van der Waals surface area contributed by atoms with Crippen LogP contribution in [-0.4, -0.2) is 9.97 Å². The zero-order valence-electron chi connectivity index (χ0n) is 23.9. The first-order valence-corrected chi connectivity index (χ1v) is 15.0. The van der Waals surface area contributed by atoms with E-state index in [4.69, 9.17) is 0 Å². The average molecular weight is 559 g/mol. The molecule has 0 atom stereocenters. The fraction of sp³-hybridized carbons (Fsp3) is 0. The lowest BCUT2D eigenvalue weighted by Crippen LogP contribution is -1.91. The third-order valence-corrected chi connectivity index (χ3v) is 8.97. The lowest BCUT2D eigenvalue weighted by molar-refractivity contribution is 1.33. The van der Waals surface area contributed by atoms with Gasteiger partial charge in [0.2, 0.25) is 0 Å². The van der Waals surface area contributed by atoms with Crippen molar-refractivity contribution in [2.45, 2.75) is 0 Å². The molecule has 204 valence electrons. The summed E-state index contributed by atoms with van der Waals surface area (Å²) in [6.07, 6.45) is 7.86. The molecule has 9 rings (SSSR count). The van der Waals surface area contributed by atoms with Crippen LogP contribution in [0, 0.1) is 0 Å². The molecule has 2 nitrogen and oxygen atoms in total. The molecule has 0 N–H and O–H groups in total. The van der Waals surface area contributed by atoms with E-state index in [-0.39, 0.29) is 0 Å². The summed E-state index contributed by atoms with van der Waals surface area (Å²) in [5, 5.41) is 10.2. The van der Waals surface area contributed by atoms with Crippen molar-refractivity contribution in [2.24, 2.45) is 0 Å². The van der Waals surface area contributed by atoms with Crippen molar-refractivity contribution >= 4 is 43.1 Å². The highest BCUT2D eigenvalue weighted by Crippen LogP contribution is 2.45. The second kappa shape index (κ2) is 9.86. The summed E-state index contributed by atoms with van der Waals surface area (Å²) in [7, 11) is 0. The zero-order valence-corrected chi connectivity index (χ0v) is 23.9. The van der Waals surface area contributed by atoms with Gasteiger partial charge in [-0.2, -0.15) is 0 Å². The Morgan fingerprint density at radius 1 is 0.273 bits per heavy atom. The highest BCUT2D eigenvalue weighted by Gasteiger charge is 2.17. The van der Waals surface area contributed by atoms with E-state index in [2.05, 4.69) is 131 Å². The lowest BCUT2D eigenvalue weighted by atomic mass is 9.85. The summed E-state index contributed by atoms with van der Waals surface area (Å²) in [5.74, 6) is 0. The molecule has 0 aliphatic carbocycles. The van der Waals surface area contributed by atoms with Gasteiger partial charge in [0, 0.05) is 47.0 Å². The van der Waals surface area contributed by atoms with E-state index in [1.807, 2.05) is 36.9 Å². The van der Waals surface area contributed by atoms with Gasteiger partial charge in [0.25, 0.3) is 0 Å². The van der Waals surface area contributed by atoms with E-state index in [9.17, 15) is 0 Å². The quantitative estimate of drug-likeness (QED) is 0.159. The maximum absolute atomic E-state index is 4.65. The van der Waals surface area contributed by atoms with Gasteiger partial charge in [-0.05, 0) is 77.5 Å². The summed E-state index contributed by atoms with van der Waals surface area (Å²) < 4.78 is 0. The van der Waals surface area contributed by atoms with Crippen LogP contribution in [0.3, 0.4) is 0 Å². The Kier molecular flexibility index (Phi) is 5.54. The van der Waals surface area contributed by atoms with Crippen molar-refractivity contribution in [3.05, 3.63) is 158 Å². The standard InChI is InChI=1S/C42H26N2/c1-3-9-27(10-4-1)29-21-31(25-43-23-29)33-17-19-39-38-16-8-14-36-34(32-22-30(24-44-26-32)28-11-5-2-6-12-28)18-20-40(42(36)38)37-15-7-13-35(33)41(37)39/h1-26H. The Labute approximate surface area is 255 Å². The van der Waals surface area contributed by atoms with Gasteiger partial charge in [0.15, 0.2) is 0 Å². The molecule has 0 bridgehead atoms. The number of aromatic nitrogens is 2. The predicted molar refractivity (Wildman–Crippen MR) is 185 cm³/mol. The van der Waals surface area contributed by atoms with E-state index in [0.29, 0.717) is 0 Å². The van der Waals surface area contributed by atoms with Gasteiger partial charge >= 0.3 is 0 Å². The van der Waals surface area contributed by atoms with Crippen LogP contribution in [0.1, 0.15) is 0 Å². The fourth-order valence-electron chi connectivity index (χ4n) is 6.97. The minimum Gasteiger partial charge on any atom is -0.263 e. The number of hydrogen-bond donors (Lipinski definition) is 0. The number of pyridine rings is 2. The number of nitrogens with zero attached hydrogens (tertiary/aromatic N) is 2. The van der Waals surface area contributed by atoms with Crippen LogP contribution in [0.5, 0.6) is 0 Å². The molecule has 44 heavy (non-hydrogen) atoms. The minimum atomic E-state index is 1.12. The first-order valence-electron chi connectivity index (χ1n) is 15.0. The monoisotopic (exact) mass is 558 g/mol. The number of fused-ring (bicyclic) bond motifs is 2. The highest BCUT2D eigenvalue weighted by molar-refractivity contribution is 6.35. The van der Waals surface area contributed by atoms with Crippen molar-refractivity contribution in [3.63, 3.8) is 0 Å². The second-order valence-electron chi connectivity index (χ2n) is 11.4. The van der Waals surface area contributed by atoms with Crippen LogP contribution in [0.2, 0.25) is 0 Å². The number of benzene rings is 7. The van der Waals surface area contributed by atoms with Gasteiger partial charge in [-0.25, -0.2) is 0 Å². The first-order chi connectivity index (χ1) is 21.8. The second-order valence-corrected chi connectivity index (χ2v) is 11.4. The Morgan fingerprint density at radius 2 is 0.659 bits per heavy atom. The molecule has 2 heteroatoms. The number of hydrogen-bond acceptors (Lipinski definition) is 2. The number of rotatable bonds is 4. The van der Waals surface area contributed by atoms with E-state index in [1.165, 1.54) is 65.3 Å². The van der Waals surface area contributed by atoms with Gasteiger partial charge in [-0.3, -0.25) is 9.97 Å². The third-order valence-electron chi connectivity index (χ3n) is 8.97. The molecular formula is C42H26N2. The zero-order chi connectivity index (χ0) is 29.0. The fourth-order valence-corrected chi connectivity index (χ4v) is 6.97. The maximum atomic E-state index is 4.65.